The Kier molecular flexibility index (Phi) is 4.85. The minimum Gasteiger partial charge on any atom is -0.479 e. The molecule has 1 N–H and O–H groups in total. The number of hydrogen-bond acceptors (Lipinski definition) is 5. The lowest BCUT2D eigenvalue weighted by Gasteiger charge is -2.30. The largest absolute Gasteiger partial charge is 0.479 e. The number of benzene rings is 1. The van der Waals surface area contributed by atoms with E-state index in [0.717, 1.165) is 0 Å². The molecular weight excluding hydrogens is 248 g/mol. The van der Waals surface area contributed by atoms with Crippen molar-refractivity contribution < 1.29 is 14.8 Å². The van der Waals surface area contributed by atoms with E-state index in [1.165, 1.54) is 12.1 Å². The fraction of sp³-hybridized carbons (Fsp3) is 0.538. The van der Waals surface area contributed by atoms with Crippen molar-refractivity contribution in [1.29, 1.82) is 0 Å². The summed E-state index contributed by atoms with van der Waals surface area (Å²) in [5.74, 6) is 0.141. The first-order chi connectivity index (χ1) is 8.76. The highest BCUT2D eigenvalue weighted by Gasteiger charge is 2.27. The van der Waals surface area contributed by atoms with Gasteiger partial charge in [0.05, 0.1) is 11.5 Å². The standard InChI is InChI=1S/C13H20N2O4/c1-13(2,9-14(3)4)19-12-10(8-16)6-5-7-11(12)15(17)18/h5-7,16H,8-9H2,1-4H3. The summed E-state index contributed by atoms with van der Waals surface area (Å²) in [6, 6.07) is 4.53. The van der Waals surface area contributed by atoms with Gasteiger partial charge in [0.25, 0.3) is 0 Å². The van der Waals surface area contributed by atoms with Crippen molar-refractivity contribution in [2.75, 3.05) is 20.6 Å². The minimum absolute atomic E-state index is 0.126. The highest BCUT2D eigenvalue weighted by atomic mass is 16.6. The maximum absolute atomic E-state index is 11.0. The number of nitro benzene ring substituents is 1. The number of likely N-dealkylation sites (N-methyl/N-ethyl adjacent to an activating group) is 1. The van der Waals surface area contributed by atoms with Crippen molar-refractivity contribution in [2.45, 2.75) is 26.1 Å². The number of aliphatic hydroxyl groups excluding tert-OH is 1. The van der Waals surface area contributed by atoms with Crippen molar-refractivity contribution in [3.05, 3.63) is 33.9 Å². The molecule has 0 aliphatic heterocycles. The van der Waals surface area contributed by atoms with Gasteiger partial charge in [0.1, 0.15) is 5.60 Å². The highest BCUT2D eigenvalue weighted by molar-refractivity contribution is 5.51. The van der Waals surface area contributed by atoms with Crippen LogP contribution in [0.15, 0.2) is 18.2 Å². The van der Waals surface area contributed by atoms with E-state index >= 15 is 0 Å². The van der Waals surface area contributed by atoms with Crippen LogP contribution >= 0.6 is 0 Å². The second-order valence-electron chi connectivity index (χ2n) is 5.28. The van der Waals surface area contributed by atoms with E-state index in [1.807, 2.05) is 32.8 Å². The van der Waals surface area contributed by atoms with Gasteiger partial charge in [-0.2, -0.15) is 0 Å². The third kappa shape index (κ3) is 4.18. The van der Waals surface area contributed by atoms with Crippen LogP contribution in [0.25, 0.3) is 0 Å². The van der Waals surface area contributed by atoms with E-state index in [0.29, 0.717) is 12.1 Å². The van der Waals surface area contributed by atoms with E-state index in [4.69, 9.17) is 4.74 Å². The minimum atomic E-state index is -0.598. The number of ether oxygens (including phenoxy) is 1. The van der Waals surface area contributed by atoms with Gasteiger partial charge in [-0.15, -0.1) is 0 Å². The molecule has 0 spiro atoms. The van der Waals surface area contributed by atoms with Gasteiger partial charge in [0.2, 0.25) is 5.75 Å². The topological polar surface area (TPSA) is 75.8 Å². The molecule has 1 aromatic rings. The lowest BCUT2D eigenvalue weighted by molar-refractivity contribution is -0.386. The molecule has 19 heavy (non-hydrogen) atoms. The van der Waals surface area contributed by atoms with Crippen LogP contribution in [0.5, 0.6) is 5.75 Å². The molecular formula is C13H20N2O4. The SMILES string of the molecule is CN(C)CC(C)(C)Oc1c(CO)cccc1[N+](=O)[O-]. The molecule has 6 nitrogen and oxygen atoms in total. The maximum Gasteiger partial charge on any atom is 0.311 e. The zero-order valence-corrected chi connectivity index (χ0v) is 11.7. The Bertz CT molecular complexity index is 458. The van der Waals surface area contributed by atoms with Crippen LogP contribution in [-0.2, 0) is 6.61 Å². The summed E-state index contributed by atoms with van der Waals surface area (Å²) >= 11 is 0. The van der Waals surface area contributed by atoms with Gasteiger partial charge in [-0.05, 0) is 27.9 Å². The number of hydrogen-bond donors (Lipinski definition) is 1. The summed E-state index contributed by atoms with van der Waals surface area (Å²) in [5.41, 5.74) is -0.307. The predicted octanol–water partition coefficient (Wildman–Crippen LogP) is 1.81. The van der Waals surface area contributed by atoms with Gasteiger partial charge in [-0.3, -0.25) is 10.1 Å². The highest BCUT2D eigenvalue weighted by Crippen LogP contribution is 2.33. The molecule has 0 aliphatic rings. The molecule has 0 atom stereocenters. The fourth-order valence-corrected chi connectivity index (χ4v) is 2.03. The number of nitro groups is 1. The summed E-state index contributed by atoms with van der Waals surface area (Å²) < 4.78 is 5.78. The van der Waals surface area contributed by atoms with Crippen molar-refractivity contribution in [2.24, 2.45) is 0 Å². The molecule has 0 radical (unpaired) electrons. The molecule has 0 aromatic heterocycles. The van der Waals surface area contributed by atoms with Crippen molar-refractivity contribution in [1.82, 2.24) is 4.90 Å². The number of rotatable bonds is 6. The zero-order valence-electron chi connectivity index (χ0n) is 11.7. The van der Waals surface area contributed by atoms with E-state index in [9.17, 15) is 15.2 Å². The lowest BCUT2D eigenvalue weighted by atomic mass is 10.1. The summed E-state index contributed by atoms with van der Waals surface area (Å²) in [5, 5.41) is 20.3. The fourth-order valence-electron chi connectivity index (χ4n) is 2.03. The molecule has 0 fully saturated rings. The first-order valence-corrected chi connectivity index (χ1v) is 5.98. The average molecular weight is 268 g/mol. The second kappa shape index (κ2) is 5.99. The van der Waals surface area contributed by atoms with E-state index in [1.54, 1.807) is 6.07 Å². The molecule has 1 aromatic carbocycles. The molecule has 0 amide bonds. The Morgan fingerprint density at radius 2 is 2.05 bits per heavy atom. The van der Waals surface area contributed by atoms with Gasteiger partial charge in [0.15, 0.2) is 0 Å². The second-order valence-corrected chi connectivity index (χ2v) is 5.28. The monoisotopic (exact) mass is 268 g/mol. The van der Waals surface area contributed by atoms with Gasteiger partial charge in [-0.25, -0.2) is 0 Å². The third-order valence-corrected chi connectivity index (χ3v) is 2.52. The summed E-state index contributed by atoms with van der Waals surface area (Å²) in [4.78, 5) is 12.5. The molecule has 106 valence electrons. The molecule has 6 heteroatoms. The van der Waals surface area contributed by atoms with Crippen LogP contribution in [0.4, 0.5) is 5.69 Å². The van der Waals surface area contributed by atoms with E-state index in [-0.39, 0.29) is 18.0 Å². The molecule has 1 rings (SSSR count). The molecule has 0 bridgehead atoms. The Labute approximate surface area is 112 Å². The predicted molar refractivity (Wildman–Crippen MR) is 72.3 cm³/mol. The summed E-state index contributed by atoms with van der Waals surface area (Å²) in [7, 11) is 3.80. The smallest absolute Gasteiger partial charge is 0.311 e. The van der Waals surface area contributed by atoms with Crippen LogP contribution in [-0.4, -0.2) is 41.2 Å². The number of para-hydroxylation sites is 1. The molecule has 0 heterocycles. The van der Waals surface area contributed by atoms with Crippen LogP contribution < -0.4 is 4.74 Å². The first kappa shape index (κ1) is 15.4. The Morgan fingerprint density at radius 1 is 1.42 bits per heavy atom. The van der Waals surface area contributed by atoms with Gasteiger partial charge in [-0.1, -0.05) is 12.1 Å². The summed E-state index contributed by atoms with van der Waals surface area (Å²) in [6.45, 7) is 4.01. The van der Waals surface area contributed by atoms with Crippen LogP contribution in [0.2, 0.25) is 0 Å². The molecule has 0 saturated heterocycles. The van der Waals surface area contributed by atoms with Crippen LogP contribution in [0.1, 0.15) is 19.4 Å². The van der Waals surface area contributed by atoms with Gasteiger partial charge in [0, 0.05) is 18.2 Å². The van der Waals surface area contributed by atoms with Gasteiger partial charge >= 0.3 is 5.69 Å². The van der Waals surface area contributed by atoms with Crippen LogP contribution in [0.3, 0.4) is 0 Å². The quantitative estimate of drug-likeness (QED) is 0.629. The van der Waals surface area contributed by atoms with E-state index < -0.39 is 10.5 Å². The van der Waals surface area contributed by atoms with Crippen LogP contribution in [0, 0.1) is 10.1 Å². The number of aliphatic hydroxyl groups is 1. The maximum atomic E-state index is 11.0. The lowest BCUT2D eigenvalue weighted by Crippen LogP contribution is -2.40. The Balaban J connectivity index is 3.14. The Morgan fingerprint density at radius 3 is 2.53 bits per heavy atom. The zero-order chi connectivity index (χ0) is 14.6. The van der Waals surface area contributed by atoms with Crippen molar-refractivity contribution in [3.63, 3.8) is 0 Å². The van der Waals surface area contributed by atoms with Crippen molar-refractivity contribution >= 4 is 5.69 Å². The normalized spacial score (nSPS) is 11.7. The number of nitrogens with zero attached hydrogens (tertiary/aromatic N) is 2. The third-order valence-electron chi connectivity index (χ3n) is 2.52. The molecule has 0 unspecified atom stereocenters. The molecule has 0 aliphatic carbocycles. The molecule has 0 saturated carbocycles. The average Bonchev–Trinajstić information content (AvgIpc) is 2.26. The van der Waals surface area contributed by atoms with Gasteiger partial charge < -0.3 is 14.7 Å². The van der Waals surface area contributed by atoms with Crippen molar-refractivity contribution in [3.8, 4) is 5.75 Å². The summed E-state index contributed by atoms with van der Waals surface area (Å²) in [6.07, 6.45) is 0. The van der Waals surface area contributed by atoms with E-state index in [2.05, 4.69) is 0 Å². The first-order valence-electron chi connectivity index (χ1n) is 5.98. The Hall–Kier alpha value is -1.66.